The molecule has 0 heterocycles. The minimum Gasteiger partial charge on any atom is -0.462 e. The number of unbranched alkanes of at least 4 members (excludes halogenated alkanes) is 36. The summed E-state index contributed by atoms with van der Waals surface area (Å²) in [7, 11) is 0. The van der Waals surface area contributed by atoms with E-state index in [9.17, 15) is 14.4 Å². The van der Waals surface area contributed by atoms with E-state index in [1.165, 1.54) is 212 Å². The highest BCUT2D eigenvalue weighted by molar-refractivity contribution is 5.71. The van der Waals surface area contributed by atoms with Gasteiger partial charge in [0.15, 0.2) is 6.10 Å². The zero-order valence-electron chi connectivity index (χ0n) is 43.9. The van der Waals surface area contributed by atoms with Crippen LogP contribution >= 0.6 is 0 Å². The predicted octanol–water partition coefficient (Wildman–Crippen LogP) is 18.9. The molecule has 2 atom stereocenters. The van der Waals surface area contributed by atoms with Gasteiger partial charge in [0, 0.05) is 19.3 Å². The van der Waals surface area contributed by atoms with Crippen LogP contribution in [0, 0.1) is 11.8 Å². The Bertz CT molecular complexity index is 980. The third-order valence-corrected chi connectivity index (χ3v) is 13.6. The lowest BCUT2D eigenvalue weighted by Gasteiger charge is -2.18. The van der Waals surface area contributed by atoms with E-state index in [0.717, 1.165) is 69.6 Å². The maximum absolute atomic E-state index is 12.8. The number of ether oxygens (including phenoxy) is 3. The molecule has 0 radical (unpaired) electrons. The largest absolute Gasteiger partial charge is 0.462 e. The Morgan fingerprint density at radius 1 is 0.328 bits per heavy atom. The lowest BCUT2D eigenvalue weighted by molar-refractivity contribution is -0.167. The average molecular weight is 906 g/mol. The molecule has 0 bridgehead atoms. The van der Waals surface area contributed by atoms with Crippen LogP contribution in [-0.2, 0) is 28.6 Å². The highest BCUT2D eigenvalue weighted by Crippen LogP contribution is 2.19. The molecular weight excluding hydrogens is 793 g/mol. The second-order valence-corrected chi connectivity index (χ2v) is 20.6. The molecule has 0 amide bonds. The minimum absolute atomic E-state index is 0.0637. The van der Waals surface area contributed by atoms with Gasteiger partial charge in [0.2, 0.25) is 0 Å². The second-order valence-electron chi connectivity index (χ2n) is 20.6. The number of carbonyl (C=O) groups excluding carboxylic acids is 3. The van der Waals surface area contributed by atoms with Crippen LogP contribution in [0.5, 0.6) is 0 Å². The van der Waals surface area contributed by atoms with Gasteiger partial charge in [-0.25, -0.2) is 0 Å². The quantitative estimate of drug-likeness (QED) is 0.0344. The first kappa shape index (κ1) is 62.4. The molecule has 0 aliphatic carbocycles. The van der Waals surface area contributed by atoms with Gasteiger partial charge in [-0.15, -0.1) is 0 Å². The van der Waals surface area contributed by atoms with E-state index in [4.69, 9.17) is 14.2 Å². The van der Waals surface area contributed by atoms with Crippen molar-refractivity contribution in [3.63, 3.8) is 0 Å². The normalized spacial score (nSPS) is 12.5. The summed E-state index contributed by atoms with van der Waals surface area (Å²) in [5, 5.41) is 0. The van der Waals surface area contributed by atoms with Gasteiger partial charge in [-0.1, -0.05) is 285 Å². The summed E-state index contributed by atoms with van der Waals surface area (Å²) < 4.78 is 16.8. The smallest absolute Gasteiger partial charge is 0.306 e. The van der Waals surface area contributed by atoms with Gasteiger partial charge in [-0.3, -0.25) is 14.4 Å². The van der Waals surface area contributed by atoms with Crippen LogP contribution in [0.25, 0.3) is 0 Å². The SMILES string of the molecule is CCCCCCCCCCCCCCCCCC(=O)OC[C@@H](COC(=O)CCCCCCCCC(C)C)OC(=O)CCCCCCCCCCCCCCCCCCCCC(C)CC. The van der Waals surface area contributed by atoms with Gasteiger partial charge in [0.05, 0.1) is 0 Å². The molecule has 0 aromatic carbocycles. The van der Waals surface area contributed by atoms with E-state index in [-0.39, 0.29) is 31.1 Å². The molecule has 0 N–H and O–H groups in total. The van der Waals surface area contributed by atoms with E-state index in [2.05, 4.69) is 34.6 Å². The van der Waals surface area contributed by atoms with Crippen LogP contribution in [0.2, 0.25) is 0 Å². The molecule has 0 aliphatic rings. The number of hydrogen-bond donors (Lipinski definition) is 0. The molecular formula is C58H112O6. The van der Waals surface area contributed by atoms with Crippen molar-refractivity contribution in [2.75, 3.05) is 13.2 Å². The Labute approximate surface area is 399 Å². The van der Waals surface area contributed by atoms with Crippen molar-refractivity contribution in [3.8, 4) is 0 Å². The second kappa shape index (κ2) is 50.8. The molecule has 0 saturated heterocycles. The Hall–Kier alpha value is -1.59. The van der Waals surface area contributed by atoms with Crippen molar-refractivity contribution >= 4 is 17.9 Å². The summed E-state index contributed by atoms with van der Waals surface area (Å²) in [6, 6.07) is 0. The number of hydrogen-bond acceptors (Lipinski definition) is 6. The molecule has 0 fully saturated rings. The van der Waals surface area contributed by atoms with E-state index < -0.39 is 6.10 Å². The van der Waals surface area contributed by atoms with Crippen LogP contribution in [-0.4, -0.2) is 37.2 Å². The van der Waals surface area contributed by atoms with Crippen molar-refractivity contribution in [1.82, 2.24) is 0 Å². The molecule has 64 heavy (non-hydrogen) atoms. The Morgan fingerprint density at radius 2 is 0.594 bits per heavy atom. The summed E-state index contributed by atoms with van der Waals surface area (Å²) in [5.74, 6) is 0.826. The fraction of sp³-hybridized carbons (Fsp3) is 0.948. The van der Waals surface area contributed by atoms with Crippen LogP contribution in [0.15, 0.2) is 0 Å². The molecule has 0 aromatic rings. The van der Waals surface area contributed by atoms with Crippen molar-refractivity contribution < 1.29 is 28.6 Å². The van der Waals surface area contributed by atoms with Gasteiger partial charge >= 0.3 is 17.9 Å². The van der Waals surface area contributed by atoms with Gasteiger partial charge in [0.25, 0.3) is 0 Å². The van der Waals surface area contributed by atoms with Crippen molar-refractivity contribution in [3.05, 3.63) is 0 Å². The van der Waals surface area contributed by atoms with Crippen LogP contribution in [0.3, 0.4) is 0 Å². The lowest BCUT2D eigenvalue weighted by atomic mass is 9.99. The Kier molecular flexibility index (Phi) is 49.6. The van der Waals surface area contributed by atoms with E-state index in [0.29, 0.717) is 19.3 Å². The molecule has 0 saturated carbocycles. The molecule has 0 spiro atoms. The standard InChI is InChI=1S/C58H112O6/c1-6-8-9-10-11-12-13-14-19-23-26-29-32-38-43-48-56(59)62-51-55(52-63-57(60)49-44-39-35-34-36-41-46-53(3)4)64-58(61)50-45-40-33-30-27-24-21-18-16-15-17-20-22-25-28-31-37-42-47-54(5)7-2/h53-55H,6-52H2,1-5H3/t54?,55-/m0/s1. The van der Waals surface area contributed by atoms with Crippen LogP contribution < -0.4 is 0 Å². The highest BCUT2D eigenvalue weighted by Gasteiger charge is 2.19. The van der Waals surface area contributed by atoms with Crippen LogP contribution in [0.4, 0.5) is 0 Å². The molecule has 0 aliphatic heterocycles. The fourth-order valence-corrected chi connectivity index (χ4v) is 8.84. The zero-order chi connectivity index (χ0) is 46.8. The Balaban J connectivity index is 4.19. The van der Waals surface area contributed by atoms with Gasteiger partial charge in [-0.05, 0) is 31.1 Å². The molecule has 380 valence electrons. The number of esters is 3. The summed E-state index contributed by atoms with van der Waals surface area (Å²) in [5.41, 5.74) is 0. The number of carbonyl (C=O) groups is 3. The van der Waals surface area contributed by atoms with Gasteiger partial charge in [-0.2, -0.15) is 0 Å². The Morgan fingerprint density at radius 3 is 0.891 bits per heavy atom. The summed E-state index contributed by atoms with van der Waals surface area (Å²) >= 11 is 0. The first-order valence-electron chi connectivity index (χ1n) is 28.8. The molecule has 0 aromatic heterocycles. The summed E-state index contributed by atoms with van der Waals surface area (Å²) in [4.78, 5) is 38.0. The zero-order valence-corrected chi connectivity index (χ0v) is 43.9. The van der Waals surface area contributed by atoms with E-state index in [1.54, 1.807) is 0 Å². The molecule has 6 heteroatoms. The van der Waals surface area contributed by atoms with Crippen molar-refractivity contribution in [2.45, 2.75) is 330 Å². The maximum Gasteiger partial charge on any atom is 0.306 e. The van der Waals surface area contributed by atoms with E-state index >= 15 is 0 Å². The monoisotopic (exact) mass is 905 g/mol. The van der Waals surface area contributed by atoms with Crippen LogP contribution in [0.1, 0.15) is 324 Å². The third kappa shape index (κ3) is 49.8. The lowest BCUT2D eigenvalue weighted by Crippen LogP contribution is -2.30. The minimum atomic E-state index is -0.763. The average Bonchev–Trinajstić information content (AvgIpc) is 3.28. The highest BCUT2D eigenvalue weighted by atomic mass is 16.6. The van der Waals surface area contributed by atoms with Crippen molar-refractivity contribution in [1.29, 1.82) is 0 Å². The summed E-state index contributed by atoms with van der Waals surface area (Å²) in [6.45, 7) is 11.4. The fourth-order valence-electron chi connectivity index (χ4n) is 8.84. The predicted molar refractivity (Wildman–Crippen MR) is 275 cm³/mol. The summed E-state index contributed by atoms with van der Waals surface area (Å²) in [6.07, 6.45) is 53.9. The topological polar surface area (TPSA) is 78.9 Å². The molecule has 0 rings (SSSR count). The number of rotatable bonds is 52. The van der Waals surface area contributed by atoms with Gasteiger partial charge < -0.3 is 14.2 Å². The van der Waals surface area contributed by atoms with E-state index in [1.807, 2.05) is 0 Å². The maximum atomic E-state index is 12.8. The third-order valence-electron chi connectivity index (χ3n) is 13.6. The van der Waals surface area contributed by atoms with Gasteiger partial charge in [0.1, 0.15) is 13.2 Å². The first-order chi connectivity index (χ1) is 31.3. The molecule has 6 nitrogen and oxygen atoms in total. The van der Waals surface area contributed by atoms with Crippen molar-refractivity contribution in [2.24, 2.45) is 11.8 Å². The first-order valence-corrected chi connectivity index (χ1v) is 28.8. The molecule has 1 unspecified atom stereocenters.